The monoisotopic (exact) mass is 264 g/mol. The Morgan fingerprint density at radius 1 is 1.15 bits per heavy atom. The van der Waals surface area contributed by atoms with Crippen molar-refractivity contribution in [1.29, 1.82) is 0 Å². The molecule has 3 nitrogen and oxygen atoms in total. The maximum absolute atomic E-state index is 5.90. The highest BCUT2D eigenvalue weighted by Crippen LogP contribution is 2.27. The second kappa shape index (κ2) is 4.46. The third kappa shape index (κ3) is 1.91. The molecule has 100 valence electrons. The summed E-state index contributed by atoms with van der Waals surface area (Å²) in [5.41, 5.74) is 5.77. The quantitative estimate of drug-likeness (QED) is 0.730. The van der Waals surface area contributed by atoms with E-state index in [4.69, 9.17) is 4.42 Å². The third-order valence-corrected chi connectivity index (χ3v) is 3.94. The molecule has 0 saturated carbocycles. The van der Waals surface area contributed by atoms with E-state index in [1.165, 1.54) is 16.7 Å². The van der Waals surface area contributed by atoms with E-state index in [0.717, 1.165) is 30.0 Å². The lowest BCUT2D eigenvalue weighted by atomic mass is 9.96. The summed E-state index contributed by atoms with van der Waals surface area (Å²) >= 11 is 0. The Bertz CT molecular complexity index is 776. The third-order valence-electron chi connectivity index (χ3n) is 3.94. The van der Waals surface area contributed by atoms with Crippen LogP contribution in [0.4, 0.5) is 0 Å². The van der Waals surface area contributed by atoms with Gasteiger partial charge < -0.3 is 9.73 Å². The van der Waals surface area contributed by atoms with Gasteiger partial charge in [0.05, 0.1) is 6.04 Å². The summed E-state index contributed by atoms with van der Waals surface area (Å²) in [4.78, 5) is 4.64. The predicted molar refractivity (Wildman–Crippen MR) is 78.5 cm³/mol. The molecular weight excluding hydrogens is 248 g/mol. The number of nitrogens with one attached hydrogen (secondary N) is 1. The highest BCUT2D eigenvalue weighted by Gasteiger charge is 2.23. The normalized spacial score (nSPS) is 18.1. The fourth-order valence-corrected chi connectivity index (χ4v) is 2.83. The fraction of sp³-hybridized carbons (Fsp3) is 0.235. The minimum atomic E-state index is 0.164. The Labute approximate surface area is 117 Å². The van der Waals surface area contributed by atoms with Crippen LogP contribution < -0.4 is 5.32 Å². The van der Waals surface area contributed by atoms with Crippen molar-refractivity contribution >= 4 is 11.1 Å². The predicted octanol–water partition coefficient (Wildman–Crippen LogP) is 3.52. The summed E-state index contributed by atoms with van der Waals surface area (Å²) in [7, 11) is 0. The van der Waals surface area contributed by atoms with Crippen molar-refractivity contribution in [2.24, 2.45) is 0 Å². The number of nitrogens with zero attached hydrogens (tertiary/aromatic N) is 1. The van der Waals surface area contributed by atoms with Gasteiger partial charge in [0.1, 0.15) is 5.52 Å². The Balaban J connectivity index is 1.70. The standard InChI is InChI=1S/C17H16N2O/c1-11-6-7-16-14(8-11)19-17(20-16)15-9-12-4-2-3-5-13(12)10-18-15/h2-8,15,18H,9-10H2,1H3. The zero-order valence-electron chi connectivity index (χ0n) is 11.4. The van der Waals surface area contributed by atoms with E-state index in [1.54, 1.807) is 0 Å². The van der Waals surface area contributed by atoms with Gasteiger partial charge in [0.2, 0.25) is 5.89 Å². The van der Waals surface area contributed by atoms with Gasteiger partial charge >= 0.3 is 0 Å². The SMILES string of the molecule is Cc1ccc2oc(C3Cc4ccccc4CN3)nc2c1. The van der Waals surface area contributed by atoms with Crippen LogP contribution in [-0.2, 0) is 13.0 Å². The minimum Gasteiger partial charge on any atom is -0.439 e. The lowest BCUT2D eigenvalue weighted by molar-refractivity contribution is 0.395. The van der Waals surface area contributed by atoms with Crippen molar-refractivity contribution in [3.63, 3.8) is 0 Å². The lowest BCUT2D eigenvalue weighted by Gasteiger charge is -2.23. The number of rotatable bonds is 1. The van der Waals surface area contributed by atoms with Gasteiger partial charge in [-0.3, -0.25) is 0 Å². The van der Waals surface area contributed by atoms with E-state index in [2.05, 4.69) is 53.6 Å². The molecule has 0 fully saturated rings. The number of hydrogen-bond acceptors (Lipinski definition) is 3. The average molecular weight is 264 g/mol. The van der Waals surface area contributed by atoms with E-state index in [1.807, 2.05) is 6.07 Å². The Morgan fingerprint density at radius 3 is 2.90 bits per heavy atom. The topological polar surface area (TPSA) is 38.1 Å². The molecule has 0 bridgehead atoms. The molecule has 1 aliphatic heterocycles. The van der Waals surface area contributed by atoms with Crippen LogP contribution in [0.1, 0.15) is 28.6 Å². The Kier molecular flexibility index (Phi) is 2.60. The van der Waals surface area contributed by atoms with Crippen LogP contribution in [0.2, 0.25) is 0 Å². The Hall–Kier alpha value is -2.13. The van der Waals surface area contributed by atoms with Crippen molar-refractivity contribution in [3.8, 4) is 0 Å². The van der Waals surface area contributed by atoms with Gasteiger partial charge in [-0.05, 0) is 42.2 Å². The maximum atomic E-state index is 5.90. The largest absolute Gasteiger partial charge is 0.439 e. The van der Waals surface area contributed by atoms with Gasteiger partial charge in [-0.15, -0.1) is 0 Å². The van der Waals surface area contributed by atoms with Crippen LogP contribution in [-0.4, -0.2) is 4.98 Å². The van der Waals surface area contributed by atoms with E-state index < -0.39 is 0 Å². The minimum absolute atomic E-state index is 0.164. The molecule has 1 unspecified atom stereocenters. The summed E-state index contributed by atoms with van der Waals surface area (Å²) < 4.78 is 5.90. The van der Waals surface area contributed by atoms with Crippen LogP contribution in [0.5, 0.6) is 0 Å². The number of aryl methyl sites for hydroxylation is 1. The maximum Gasteiger partial charge on any atom is 0.212 e. The molecule has 20 heavy (non-hydrogen) atoms. The summed E-state index contributed by atoms with van der Waals surface area (Å²) in [6.45, 7) is 2.95. The highest BCUT2D eigenvalue weighted by atomic mass is 16.3. The molecule has 3 aromatic rings. The molecule has 0 aliphatic carbocycles. The molecular formula is C17H16N2O. The van der Waals surface area contributed by atoms with Crippen LogP contribution in [0.15, 0.2) is 46.9 Å². The van der Waals surface area contributed by atoms with Gasteiger partial charge in [-0.2, -0.15) is 0 Å². The fourth-order valence-electron chi connectivity index (χ4n) is 2.83. The first-order valence-corrected chi connectivity index (χ1v) is 6.97. The van der Waals surface area contributed by atoms with Crippen LogP contribution in [0.3, 0.4) is 0 Å². The number of hydrogen-bond donors (Lipinski definition) is 1. The average Bonchev–Trinajstić information content (AvgIpc) is 2.89. The molecule has 2 aromatic carbocycles. The second-order valence-corrected chi connectivity index (χ2v) is 5.43. The Morgan fingerprint density at radius 2 is 2.00 bits per heavy atom. The molecule has 1 aliphatic rings. The zero-order valence-corrected chi connectivity index (χ0v) is 11.4. The van der Waals surface area contributed by atoms with E-state index in [0.29, 0.717) is 0 Å². The second-order valence-electron chi connectivity index (χ2n) is 5.43. The lowest BCUT2D eigenvalue weighted by Crippen LogP contribution is -2.28. The number of aromatic nitrogens is 1. The van der Waals surface area contributed by atoms with Gasteiger partial charge in [-0.25, -0.2) is 4.98 Å². The van der Waals surface area contributed by atoms with Gasteiger partial charge in [0.15, 0.2) is 5.58 Å². The molecule has 0 saturated heterocycles. The van der Waals surface area contributed by atoms with Gasteiger partial charge in [-0.1, -0.05) is 30.3 Å². The van der Waals surface area contributed by atoms with E-state index >= 15 is 0 Å². The molecule has 1 aromatic heterocycles. The first-order chi connectivity index (χ1) is 9.79. The number of benzene rings is 2. The van der Waals surface area contributed by atoms with Crippen LogP contribution in [0.25, 0.3) is 11.1 Å². The molecule has 3 heteroatoms. The zero-order chi connectivity index (χ0) is 13.5. The highest BCUT2D eigenvalue weighted by molar-refractivity contribution is 5.73. The molecule has 1 atom stereocenters. The van der Waals surface area contributed by atoms with E-state index in [9.17, 15) is 0 Å². The summed E-state index contributed by atoms with van der Waals surface area (Å²) in [6.07, 6.45) is 0.933. The number of oxazole rings is 1. The summed E-state index contributed by atoms with van der Waals surface area (Å²) in [5, 5.41) is 3.51. The molecule has 0 spiro atoms. The van der Waals surface area contributed by atoms with E-state index in [-0.39, 0.29) is 6.04 Å². The van der Waals surface area contributed by atoms with Crippen molar-refractivity contribution in [2.45, 2.75) is 25.9 Å². The first-order valence-electron chi connectivity index (χ1n) is 6.97. The smallest absolute Gasteiger partial charge is 0.212 e. The van der Waals surface area contributed by atoms with Crippen LogP contribution in [0, 0.1) is 6.92 Å². The molecule has 1 N–H and O–H groups in total. The molecule has 2 heterocycles. The first kappa shape index (κ1) is 11.7. The van der Waals surface area contributed by atoms with Crippen molar-refractivity contribution in [1.82, 2.24) is 10.3 Å². The molecule has 0 amide bonds. The van der Waals surface area contributed by atoms with Gasteiger partial charge in [0.25, 0.3) is 0 Å². The summed E-state index contributed by atoms with van der Waals surface area (Å²) in [5.74, 6) is 0.792. The number of fused-ring (bicyclic) bond motifs is 2. The molecule has 4 rings (SSSR count). The summed E-state index contributed by atoms with van der Waals surface area (Å²) in [6, 6.07) is 14.8. The van der Waals surface area contributed by atoms with Crippen LogP contribution >= 0.6 is 0 Å². The van der Waals surface area contributed by atoms with Gasteiger partial charge in [0, 0.05) is 6.54 Å². The van der Waals surface area contributed by atoms with Crippen molar-refractivity contribution in [2.75, 3.05) is 0 Å². The van der Waals surface area contributed by atoms with Crippen molar-refractivity contribution in [3.05, 3.63) is 65.0 Å². The molecule has 0 radical (unpaired) electrons. The van der Waals surface area contributed by atoms with Crippen molar-refractivity contribution < 1.29 is 4.42 Å².